The van der Waals surface area contributed by atoms with Gasteiger partial charge in [-0.3, -0.25) is 14.9 Å². The van der Waals surface area contributed by atoms with Crippen LogP contribution in [0.25, 0.3) is 0 Å². The van der Waals surface area contributed by atoms with Crippen LogP contribution in [0.15, 0.2) is 12.1 Å². The number of rotatable bonds is 5. The summed E-state index contributed by atoms with van der Waals surface area (Å²) in [5, 5.41) is 16.9. The van der Waals surface area contributed by atoms with E-state index in [0.29, 0.717) is 11.4 Å². The average Bonchev–Trinajstić information content (AvgIpc) is 2.59. The molecule has 28 heavy (non-hydrogen) atoms. The fourth-order valence-electron chi connectivity index (χ4n) is 3.76. The average molecular weight is 400 g/mol. The summed E-state index contributed by atoms with van der Waals surface area (Å²) in [7, 11) is 1.57. The molecule has 1 heterocycles. The predicted molar refractivity (Wildman–Crippen MR) is 98.7 cm³/mol. The van der Waals surface area contributed by atoms with Gasteiger partial charge in [-0.25, -0.2) is 0 Å². The maximum atomic E-state index is 12.8. The molecule has 2 N–H and O–H groups in total. The summed E-state index contributed by atoms with van der Waals surface area (Å²) >= 11 is 0. The van der Waals surface area contributed by atoms with Crippen molar-refractivity contribution in [1.82, 2.24) is 5.32 Å². The smallest absolute Gasteiger partial charge is 0.383 e. The maximum Gasteiger partial charge on any atom is 0.391 e. The van der Waals surface area contributed by atoms with Crippen molar-refractivity contribution >= 4 is 23.0 Å². The number of amides is 1. The Hall–Kier alpha value is -2.52. The van der Waals surface area contributed by atoms with Gasteiger partial charge >= 0.3 is 6.18 Å². The quantitative estimate of drug-likeness (QED) is 0.581. The third-order valence-corrected chi connectivity index (χ3v) is 5.55. The monoisotopic (exact) mass is 400 g/mol. The second-order valence-electron chi connectivity index (χ2n) is 7.30. The van der Waals surface area contributed by atoms with Crippen LogP contribution in [0.2, 0.25) is 0 Å². The molecule has 154 valence electrons. The number of nitro benzene ring substituents is 1. The van der Waals surface area contributed by atoms with Crippen molar-refractivity contribution in [3.05, 3.63) is 27.8 Å². The Morgan fingerprint density at radius 3 is 2.32 bits per heavy atom. The van der Waals surface area contributed by atoms with Crippen LogP contribution in [0, 0.1) is 16.0 Å². The third-order valence-electron chi connectivity index (χ3n) is 5.55. The Bertz CT molecular complexity index is 757. The number of nitro groups is 1. The van der Waals surface area contributed by atoms with E-state index in [1.165, 1.54) is 6.07 Å². The van der Waals surface area contributed by atoms with E-state index in [-0.39, 0.29) is 43.0 Å². The highest BCUT2D eigenvalue weighted by atomic mass is 19.4. The molecule has 10 heteroatoms. The van der Waals surface area contributed by atoms with Crippen LogP contribution in [0.1, 0.15) is 42.5 Å². The zero-order valence-electron chi connectivity index (χ0n) is 15.5. The van der Waals surface area contributed by atoms with Crippen LogP contribution in [-0.4, -0.2) is 43.2 Å². The van der Waals surface area contributed by atoms with Crippen molar-refractivity contribution in [2.24, 2.45) is 5.92 Å². The van der Waals surface area contributed by atoms with Gasteiger partial charge in [0, 0.05) is 32.2 Å². The number of alkyl halides is 3. The van der Waals surface area contributed by atoms with Crippen molar-refractivity contribution in [1.29, 1.82) is 0 Å². The van der Waals surface area contributed by atoms with E-state index >= 15 is 0 Å². The fourth-order valence-corrected chi connectivity index (χ4v) is 3.76. The Morgan fingerprint density at radius 2 is 1.86 bits per heavy atom. The highest BCUT2D eigenvalue weighted by molar-refractivity contribution is 6.02. The van der Waals surface area contributed by atoms with Gasteiger partial charge in [0.15, 0.2) is 0 Å². The molecule has 0 unspecified atom stereocenters. The molecule has 0 radical (unpaired) electrons. The van der Waals surface area contributed by atoms with Gasteiger partial charge in [0.05, 0.1) is 22.1 Å². The Kier molecular flexibility index (Phi) is 5.66. The lowest BCUT2D eigenvalue weighted by Gasteiger charge is -2.35. The summed E-state index contributed by atoms with van der Waals surface area (Å²) in [6, 6.07) is 2.47. The number of carbonyl (C=O) groups excluding carboxylic acids is 1. The van der Waals surface area contributed by atoms with Crippen LogP contribution in [0.4, 0.5) is 30.2 Å². The molecule has 1 aromatic rings. The number of anilines is 2. The van der Waals surface area contributed by atoms with Crippen LogP contribution >= 0.6 is 0 Å². The largest absolute Gasteiger partial charge is 0.391 e. The molecule has 0 aromatic heterocycles. The summed E-state index contributed by atoms with van der Waals surface area (Å²) in [5.41, 5.74) is 0.887. The number of hydrogen-bond donors (Lipinski definition) is 2. The van der Waals surface area contributed by atoms with E-state index in [1.54, 1.807) is 13.1 Å². The van der Waals surface area contributed by atoms with E-state index in [4.69, 9.17) is 0 Å². The second kappa shape index (κ2) is 7.84. The Balaban J connectivity index is 1.79. The molecule has 1 saturated heterocycles. The number of halogens is 3. The third kappa shape index (κ3) is 4.15. The summed E-state index contributed by atoms with van der Waals surface area (Å²) < 4.78 is 38.4. The Morgan fingerprint density at radius 1 is 1.21 bits per heavy atom. The number of benzene rings is 1. The molecule has 0 spiro atoms. The maximum absolute atomic E-state index is 12.8. The van der Waals surface area contributed by atoms with Crippen molar-refractivity contribution in [2.75, 3.05) is 30.4 Å². The van der Waals surface area contributed by atoms with Crippen LogP contribution < -0.4 is 15.5 Å². The highest BCUT2D eigenvalue weighted by Crippen LogP contribution is 2.38. The molecule has 2 fully saturated rings. The summed E-state index contributed by atoms with van der Waals surface area (Å²) in [6.45, 7) is 1.50. The first-order valence-electron chi connectivity index (χ1n) is 9.33. The SMILES string of the molecule is CNc1cc(N2CCC2)c(C(=O)NC2CCC(C(F)(F)F)CC2)cc1[N+](=O)[O-]. The van der Waals surface area contributed by atoms with E-state index in [2.05, 4.69) is 10.6 Å². The molecule has 1 aliphatic heterocycles. The summed E-state index contributed by atoms with van der Waals surface area (Å²) in [5.74, 6) is -1.81. The lowest BCUT2D eigenvalue weighted by Crippen LogP contribution is -2.42. The lowest BCUT2D eigenvalue weighted by molar-refractivity contribution is -0.384. The molecule has 1 amide bonds. The van der Waals surface area contributed by atoms with Crippen molar-refractivity contribution in [3.8, 4) is 0 Å². The molecule has 1 saturated carbocycles. The molecule has 1 aliphatic carbocycles. The zero-order chi connectivity index (χ0) is 20.5. The zero-order valence-corrected chi connectivity index (χ0v) is 15.5. The van der Waals surface area contributed by atoms with Gasteiger partial charge in [-0.1, -0.05) is 0 Å². The van der Waals surface area contributed by atoms with Gasteiger partial charge in [0.25, 0.3) is 11.6 Å². The van der Waals surface area contributed by atoms with Gasteiger partial charge in [-0.2, -0.15) is 13.2 Å². The van der Waals surface area contributed by atoms with Crippen LogP contribution in [-0.2, 0) is 0 Å². The minimum absolute atomic E-state index is 0.0216. The van der Waals surface area contributed by atoms with Crippen LogP contribution in [0.5, 0.6) is 0 Å². The molecule has 0 bridgehead atoms. The first-order chi connectivity index (χ1) is 13.2. The molecule has 1 aromatic carbocycles. The molecule has 7 nitrogen and oxygen atoms in total. The van der Waals surface area contributed by atoms with Gasteiger partial charge < -0.3 is 15.5 Å². The lowest BCUT2D eigenvalue weighted by atomic mass is 9.85. The summed E-state index contributed by atoms with van der Waals surface area (Å²) in [6.07, 6.45) is -2.80. The second-order valence-corrected chi connectivity index (χ2v) is 7.30. The van der Waals surface area contributed by atoms with Crippen LogP contribution in [0.3, 0.4) is 0 Å². The number of nitrogens with zero attached hydrogens (tertiary/aromatic N) is 2. The molecule has 3 rings (SSSR count). The topological polar surface area (TPSA) is 87.5 Å². The van der Waals surface area contributed by atoms with E-state index in [0.717, 1.165) is 19.5 Å². The van der Waals surface area contributed by atoms with Gasteiger partial charge in [0.1, 0.15) is 5.69 Å². The molecular formula is C18H23F3N4O3. The van der Waals surface area contributed by atoms with Crippen molar-refractivity contribution in [3.63, 3.8) is 0 Å². The summed E-state index contributed by atoms with van der Waals surface area (Å²) in [4.78, 5) is 25.6. The first-order valence-corrected chi connectivity index (χ1v) is 9.33. The molecular weight excluding hydrogens is 377 g/mol. The molecule has 0 atom stereocenters. The Labute approximate surface area is 160 Å². The minimum Gasteiger partial charge on any atom is -0.383 e. The predicted octanol–water partition coefficient (Wildman–Crippen LogP) is 3.70. The number of carbonyl (C=O) groups is 1. The molecule has 2 aliphatic rings. The van der Waals surface area contributed by atoms with E-state index < -0.39 is 22.9 Å². The first kappa shape index (κ1) is 20.2. The van der Waals surface area contributed by atoms with Gasteiger partial charge in [0.2, 0.25) is 0 Å². The van der Waals surface area contributed by atoms with Gasteiger partial charge in [-0.05, 0) is 38.2 Å². The van der Waals surface area contributed by atoms with Crippen molar-refractivity contribution < 1.29 is 22.9 Å². The highest BCUT2D eigenvalue weighted by Gasteiger charge is 2.41. The number of nitrogens with one attached hydrogen (secondary N) is 2. The van der Waals surface area contributed by atoms with Crippen molar-refractivity contribution in [2.45, 2.75) is 44.3 Å². The minimum atomic E-state index is -4.21. The normalized spacial score (nSPS) is 22.4. The standard InChI is InChI=1S/C18H23F3N4O3/c1-22-14-10-15(24-7-2-8-24)13(9-16(14)25(27)28)17(26)23-12-5-3-11(4-6-12)18(19,20)21/h9-12,22H,2-8H2,1H3,(H,23,26). The van der Waals surface area contributed by atoms with E-state index in [9.17, 15) is 28.1 Å². The van der Waals surface area contributed by atoms with Gasteiger partial charge in [-0.15, -0.1) is 0 Å². The van der Waals surface area contributed by atoms with E-state index in [1.807, 2.05) is 4.90 Å². The number of hydrogen-bond acceptors (Lipinski definition) is 5. The fraction of sp³-hybridized carbons (Fsp3) is 0.611.